The Morgan fingerprint density at radius 2 is 1.44 bits per heavy atom. The number of hydrogen-bond donors (Lipinski definition) is 0. The molecule has 0 spiro atoms. The third-order valence-electron chi connectivity index (χ3n) is 4.61. The number of fused-ring (bicyclic) bond motifs is 1. The van der Waals surface area contributed by atoms with Crippen LogP contribution in [0.2, 0.25) is 39.3 Å². The molecule has 0 aliphatic carbocycles. The normalized spacial score (nSPS) is 34.9. The van der Waals surface area contributed by atoms with E-state index >= 15 is 0 Å². The zero-order valence-electron chi connectivity index (χ0n) is 17.6. The predicted molar refractivity (Wildman–Crippen MR) is 111 cm³/mol. The summed E-state index contributed by atoms with van der Waals surface area (Å²) in [6, 6.07) is 10.1. The molecule has 27 heavy (non-hydrogen) atoms. The van der Waals surface area contributed by atoms with E-state index < -0.39 is 22.9 Å². The fourth-order valence-electron chi connectivity index (χ4n) is 3.66. The second-order valence-electron chi connectivity index (χ2n) is 9.45. The van der Waals surface area contributed by atoms with E-state index in [1.165, 1.54) is 0 Å². The summed E-state index contributed by atoms with van der Waals surface area (Å²) in [5, 5.41) is 0. The first-order valence-corrected chi connectivity index (χ1v) is 16.7. The molecule has 0 bridgehead atoms. The summed E-state index contributed by atoms with van der Waals surface area (Å²) in [5.74, 6) is 0. The molecule has 0 N–H and O–H groups in total. The van der Waals surface area contributed by atoms with Crippen molar-refractivity contribution in [3.8, 4) is 0 Å². The Kier molecular flexibility index (Phi) is 6.32. The van der Waals surface area contributed by atoms with Gasteiger partial charge in [0.15, 0.2) is 22.9 Å². The number of benzene rings is 1. The lowest BCUT2D eigenvalue weighted by molar-refractivity contribution is -0.322. The van der Waals surface area contributed by atoms with Crippen molar-refractivity contribution < 1.29 is 23.1 Å². The van der Waals surface area contributed by atoms with E-state index in [1.807, 2.05) is 30.3 Å². The van der Waals surface area contributed by atoms with Crippen molar-refractivity contribution in [2.75, 3.05) is 6.61 Å². The van der Waals surface area contributed by atoms with E-state index in [0.29, 0.717) is 6.61 Å². The summed E-state index contributed by atoms with van der Waals surface area (Å²) in [4.78, 5) is 0. The average molecular weight is 411 g/mol. The van der Waals surface area contributed by atoms with E-state index in [-0.39, 0.29) is 30.5 Å². The molecule has 1 aromatic carbocycles. The Hall–Kier alpha value is -0.546. The van der Waals surface area contributed by atoms with Crippen LogP contribution in [-0.4, -0.2) is 53.8 Å². The molecule has 2 aliphatic heterocycles. The largest absolute Gasteiger partial charge is 0.409 e. The van der Waals surface area contributed by atoms with Gasteiger partial charge in [-0.1, -0.05) is 30.3 Å². The predicted octanol–water partition coefficient (Wildman–Crippen LogP) is 4.33. The van der Waals surface area contributed by atoms with E-state index in [1.54, 1.807) is 0 Å². The Morgan fingerprint density at radius 1 is 0.852 bits per heavy atom. The first kappa shape index (κ1) is 21.2. The molecule has 7 heteroatoms. The third kappa shape index (κ3) is 5.50. The molecule has 0 saturated carbocycles. The summed E-state index contributed by atoms with van der Waals surface area (Å²) in [5.41, 5.74) is 1.02. The molecular weight excluding hydrogens is 376 g/mol. The first-order valence-electron chi connectivity index (χ1n) is 9.87. The molecule has 2 heterocycles. The van der Waals surface area contributed by atoms with Gasteiger partial charge in [0.25, 0.3) is 0 Å². The van der Waals surface area contributed by atoms with Crippen molar-refractivity contribution in [2.24, 2.45) is 0 Å². The van der Waals surface area contributed by atoms with Crippen molar-refractivity contribution in [3.05, 3.63) is 35.9 Å². The van der Waals surface area contributed by atoms with Gasteiger partial charge in [-0.2, -0.15) is 0 Å². The van der Waals surface area contributed by atoms with Gasteiger partial charge in [0.1, 0.15) is 18.3 Å². The number of ether oxygens (including phenoxy) is 3. The number of rotatable bonds is 5. The van der Waals surface area contributed by atoms with Gasteiger partial charge < -0.3 is 23.1 Å². The quantitative estimate of drug-likeness (QED) is 0.676. The SMILES string of the molecule is C[C@@H]1OC2COC(c3ccccc3)O[C@H]2[C@H](O[Si](C)(C)C)C1O[Si](C)(C)C. The molecule has 3 unspecified atom stereocenters. The summed E-state index contributed by atoms with van der Waals surface area (Å²) >= 11 is 0. The van der Waals surface area contributed by atoms with Crippen LogP contribution in [0, 0.1) is 0 Å². The van der Waals surface area contributed by atoms with E-state index in [0.717, 1.165) is 5.56 Å². The molecule has 2 aliphatic rings. The van der Waals surface area contributed by atoms with Crippen LogP contribution in [0.4, 0.5) is 0 Å². The van der Waals surface area contributed by atoms with Crippen molar-refractivity contribution in [3.63, 3.8) is 0 Å². The Bertz CT molecular complexity index is 613. The van der Waals surface area contributed by atoms with Gasteiger partial charge in [-0.15, -0.1) is 0 Å². The lowest BCUT2D eigenvalue weighted by Crippen LogP contribution is -2.65. The molecule has 0 amide bonds. The van der Waals surface area contributed by atoms with Crippen LogP contribution in [0.15, 0.2) is 30.3 Å². The van der Waals surface area contributed by atoms with Gasteiger partial charge in [0.05, 0.1) is 18.8 Å². The zero-order valence-corrected chi connectivity index (χ0v) is 19.6. The highest BCUT2D eigenvalue weighted by Gasteiger charge is 2.51. The van der Waals surface area contributed by atoms with Crippen molar-refractivity contribution in [2.45, 2.75) is 83.0 Å². The molecule has 152 valence electrons. The molecular formula is C20H34O5Si2. The standard InChI is InChI=1S/C20H34O5Si2/c1-14-17(24-26(2,3)4)19(25-27(5,6)7)18-16(22-14)13-21-20(23-18)15-11-9-8-10-12-15/h8-12,14,16-20H,13H2,1-7H3/t14-,16?,17?,18+,19+,20?/m0/s1. The molecule has 0 radical (unpaired) electrons. The highest BCUT2D eigenvalue weighted by atomic mass is 28.4. The van der Waals surface area contributed by atoms with Crippen LogP contribution in [0.3, 0.4) is 0 Å². The maximum absolute atomic E-state index is 6.64. The maximum atomic E-state index is 6.64. The maximum Gasteiger partial charge on any atom is 0.184 e. The van der Waals surface area contributed by atoms with E-state index in [2.05, 4.69) is 46.2 Å². The Balaban J connectivity index is 1.86. The fourth-order valence-corrected chi connectivity index (χ4v) is 5.89. The van der Waals surface area contributed by atoms with Crippen LogP contribution in [-0.2, 0) is 23.1 Å². The Morgan fingerprint density at radius 3 is 2.04 bits per heavy atom. The molecule has 3 rings (SSSR count). The fraction of sp³-hybridized carbons (Fsp3) is 0.700. The van der Waals surface area contributed by atoms with Gasteiger partial charge in [-0.05, 0) is 46.2 Å². The van der Waals surface area contributed by atoms with E-state index in [4.69, 9.17) is 23.1 Å². The average Bonchev–Trinajstić information content (AvgIpc) is 2.56. The monoisotopic (exact) mass is 410 g/mol. The van der Waals surface area contributed by atoms with Gasteiger partial charge in [-0.3, -0.25) is 0 Å². The topological polar surface area (TPSA) is 46.2 Å². The second kappa shape index (κ2) is 8.06. The van der Waals surface area contributed by atoms with Crippen LogP contribution < -0.4 is 0 Å². The van der Waals surface area contributed by atoms with Crippen molar-refractivity contribution in [1.82, 2.24) is 0 Å². The highest BCUT2D eigenvalue weighted by molar-refractivity contribution is 6.70. The van der Waals surface area contributed by atoms with E-state index in [9.17, 15) is 0 Å². The Labute approximate surface area is 165 Å². The zero-order chi connectivity index (χ0) is 19.8. The molecule has 0 aromatic heterocycles. The van der Waals surface area contributed by atoms with Crippen LogP contribution in [0.1, 0.15) is 18.8 Å². The lowest BCUT2D eigenvalue weighted by atomic mass is 9.95. The van der Waals surface area contributed by atoms with Crippen molar-refractivity contribution in [1.29, 1.82) is 0 Å². The molecule has 2 fully saturated rings. The minimum absolute atomic E-state index is 0.0557. The van der Waals surface area contributed by atoms with Gasteiger partial charge in [-0.25, -0.2) is 0 Å². The smallest absolute Gasteiger partial charge is 0.184 e. The van der Waals surface area contributed by atoms with Gasteiger partial charge >= 0.3 is 0 Å². The van der Waals surface area contributed by atoms with Gasteiger partial charge in [0.2, 0.25) is 0 Å². The minimum Gasteiger partial charge on any atom is -0.409 e. The first-order chi connectivity index (χ1) is 12.5. The second-order valence-corrected chi connectivity index (χ2v) is 18.4. The third-order valence-corrected chi connectivity index (χ3v) is 6.57. The van der Waals surface area contributed by atoms with Crippen molar-refractivity contribution >= 4 is 16.6 Å². The molecule has 6 atom stereocenters. The summed E-state index contributed by atoms with van der Waals surface area (Å²) < 4.78 is 31.8. The summed E-state index contributed by atoms with van der Waals surface area (Å²) in [6.07, 6.45) is -1.06. The highest BCUT2D eigenvalue weighted by Crippen LogP contribution is 2.37. The summed E-state index contributed by atoms with van der Waals surface area (Å²) in [6.45, 7) is 15.8. The van der Waals surface area contributed by atoms with Crippen LogP contribution >= 0.6 is 0 Å². The number of hydrogen-bond acceptors (Lipinski definition) is 5. The minimum atomic E-state index is -1.81. The molecule has 5 nitrogen and oxygen atoms in total. The molecule has 2 saturated heterocycles. The lowest BCUT2D eigenvalue weighted by Gasteiger charge is -2.51. The van der Waals surface area contributed by atoms with Gasteiger partial charge in [0, 0.05) is 5.56 Å². The molecule has 1 aromatic rings. The summed E-state index contributed by atoms with van der Waals surface area (Å²) in [7, 11) is -3.58. The van der Waals surface area contributed by atoms with Crippen LogP contribution in [0.25, 0.3) is 0 Å². The van der Waals surface area contributed by atoms with Crippen LogP contribution in [0.5, 0.6) is 0 Å².